The minimum atomic E-state index is -4.40. The van der Waals surface area contributed by atoms with Gasteiger partial charge in [-0.2, -0.15) is 23.1 Å². The number of allylic oxidation sites excluding steroid dienone is 1. The topological polar surface area (TPSA) is 96.6 Å². The van der Waals surface area contributed by atoms with Crippen LogP contribution in [-0.2, 0) is 4.79 Å². The highest BCUT2D eigenvalue weighted by Gasteiger charge is 2.38. The van der Waals surface area contributed by atoms with Gasteiger partial charge >= 0.3 is 12.2 Å². The number of hydrogen-bond donors (Lipinski definition) is 2. The van der Waals surface area contributed by atoms with Gasteiger partial charge in [-0.15, -0.1) is 0 Å². The van der Waals surface area contributed by atoms with Crippen LogP contribution in [0.15, 0.2) is 23.3 Å². The van der Waals surface area contributed by atoms with Crippen LogP contribution >= 0.6 is 0 Å². The number of carbonyl (C=O) groups excluding carboxylic acids is 1. The van der Waals surface area contributed by atoms with Crippen LogP contribution in [-0.4, -0.2) is 66.3 Å². The Hall–Kier alpha value is -2.82. The monoisotopic (exact) mass is 480 g/mol. The SMILES string of the molecule is CCCCOc1nc(N)c2c(n1)N(CC1C=C(CN3CCCC3)C=C(C(F)(F)F)C1)CC(=O)N2. The Labute approximate surface area is 197 Å². The minimum Gasteiger partial charge on any atom is -0.463 e. The molecule has 0 aromatic carbocycles. The molecule has 0 bridgehead atoms. The number of nitrogens with two attached hydrogens (primary N) is 1. The molecule has 0 saturated carbocycles. The molecule has 1 fully saturated rings. The summed E-state index contributed by atoms with van der Waals surface area (Å²) in [6.07, 6.45) is 2.53. The van der Waals surface area contributed by atoms with Crippen LogP contribution < -0.4 is 20.7 Å². The molecule has 1 amide bonds. The van der Waals surface area contributed by atoms with Crippen LogP contribution in [0.2, 0.25) is 0 Å². The fourth-order valence-electron chi connectivity index (χ4n) is 4.61. The fourth-order valence-corrected chi connectivity index (χ4v) is 4.61. The van der Waals surface area contributed by atoms with Crippen molar-refractivity contribution in [2.45, 2.75) is 45.2 Å². The summed E-state index contributed by atoms with van der Waals surface area (Å²) in [7, 11) is 0. The molecule has 0 radical (unpaired) electrons. The number of nitrogens with zero attached hydrogens (tertiary/aromatic N) is 4. The second-order valence-corrected chi connectivity index (χ2v) is 9.08. The first kappa shape index (κ1) is 24.3. The van der Waals surface area contributed by atoms with E-state index in [0.717, 1.165) is 38.8 Å². The van der Waals surface area contributed by atoms with Crippen molar-refractivity contribution in [3.63, 3.8) is 0 Å². The first-order valence-corrected chi connectivity index (χ1v) is 11.8. The van der Waals surface area contributed by atoms with Gasteiger partial charge in [-0.1, -0.05) is 19.4 Å². The van der Waals surface area contributed by atoms with Gasteiger partial charge in [0.2, 0.25) is 5.91 Å². The van der Waals surface area contributed by atoms with E-state index in [1.54, 1.807) is 4.90 Å². The van der Waals surface area contributed by atoms with Gasteiger partial charge in [-0.05, 0) is 56.3 Å². The molecule has 1 atom stereocenters. The maximum absolute atomic E-state index is 13.7. The van der Waals surface area contributed by atoms with Crippen molar-refractivity contribution in [2.75, 3.05) is 55.3 Å². The smallest absolute Gasteiger partial charge is 0.412 e. The van der Waals surface area contributed by atoms with Crippen LogP contribution in [0.1, 0.15) is 39.0 Å². The maximum Gasteiger partial charge on any atom is 0.412 e. The van der Waals surface area contributed by atoms with Crippen molar-refractivity contribution in [3.05, 3.63) is 23.3 Å². The zero-order valence-corrected chi connectivity index (χ0v) is 19.3. The zero-order chi connectivity index (χ0) is 24.3. The molecule has 186 valence electrons. The number of nitrogen functional groups attached to an aromatic ring is 1. The quantitative estimate of drug-likeness (QED) is 0.550. The third-order valence-electron chi connectivity index (χ3n) is 6.24. The number of rotatable bonds is 8. The van der Waals surface area contributed by atoms with Gasteiger partial charge in [0.05, 0.1) is 13.2 Å². The summed E-state index contributed by atoms with van der Waals surface area (Å²) in [5.41, 5.74) is 6.44. The summed E-state index contributed by atoms with van der Waals surface area (Å²) in [5, 5.41) is 2.68. The molecule has 3 heterocycles. The van der Waals surface area contributed by atoms with E-state index in [0.29, 0.717) is 24.5 Å². The molecule has 11 heteroatoms. The van der Waals surface area contributed by atoms with Crippen molar-refractivity contribution in [3.8, 4) is 6.01 Å². The average Bonchev–Trinajstić information content (AvgIpc) is 3.27. The van der Waals surface area contributed by atoms with Crippen LogP contribution in [0.5, 0.6) is 6.01 Å². The number of hydrogen-bond acceptors (Lipinski definition) is 7. The van der Waals surface area contributed by atoms with Crippen LogP contribution in [0.3, 0.4) is 0 Å². The predicted octanol–water partition coefficient (Wildman–Crippen LogP) is 3.53. The lowest BCUT2D eigenvalue weighted by Gasteiger charge is -2.34. The van der Waals surface area contributed by atoms with Crippen molar-refractivity contribution in [1.82, 2.24) is 14.9 Å². The second kappa shape index (κ2) is 10.2. The molecular weight excluding hydrogens is 449 g/mol. The highest BCUT2D eigenvalue weighted by atomic mass is 19.4. The van der Waals surface area contributed by atoms with Crippen LogP contribution in [0, 0.1) is 5.92 Å². The van der Waals surface area contributed by atoms with Gasteiger partial charge in [-0.25, -0.2) is 0 Å². The molecule has 2 aliphatic heterocycles. The van der Waals surface area contributed by atoms with Gasteiger partial charge in [-0.3, -0.25) is 9.69 Å². The molecule has 3 aliphatic rings. The molecule has 1 aromatic heterocycles. The summed E-state index contributed by atoms with van der Waals surface area (Å²) in [4.78, 5) is 24.7. The molecule has 1 unspecified atom stereocenters. The van der Waals surface area contributed by atoms with Crippen molar-refractivity contribution >= 4 is 23.2 Å². The van der Waals surface area contributed by atoms with Gasteiger partial charge < -0.3 is 20.7 Å². The second-order valence-electron chi connectivity index (χ2n) is 9.08. The zero-order valence-electron chi connectivity index (χ0n) is 19.3. The number of amides is 1. The number of likely N-dealkylation sites (tertiary alicyclic amines) is 1. The lowest BCUT2D eigenvalue weighted by Crippen LogP contribution is -2.42. The first-order chi connectivity index (χ1) is 16.2. The molecule has 1 aromatic rings. The molecule has 4 rings (SSSR count). The molecule has 8 nitrogen and oxygen atoms in total. The van der Waals surface area contributed by atoms with E-state index in [4.69, 9.17) is 10.5 Å². The summed E-state index contributed by atoms with van der Waals surface area (Å²) >= 11 is 0. The normalized spacial score (nSPS) is 21.1. The highest BCUT2D eigenvalue weighted by molar-refractivity contribution is 6.03. The van der Waals surface area contributed by atoms with Crippen molar-refractivity contribution in [2.24, 2.45) is 5.92 Å². The van der Waals surface area contributed by atoms with E-state index in [-0.39, 0.29) is 42.9 Å². The number of aromatic nitrogens is 2. The molecular formula is C23H31F3N6O2. The number of carbonyl (C=O) groups is 1. The molecule has 1 aliphatic carbocycles. The number of nitrogens with one attached hydrogen (secondary N) is 1. The third kappa shape index (κ3) is 5.81. The number of anilines is 3. The Kier molecular flexibility index (Phi) is 7.30. The Bertz CT molecular complexity index is 972. The van der Waals surface area contributed by atoms with Crippen molar-refractivity contribution < 1.29 is 22.7 Å². The van der Waals surface area contributed by atoms with E-state index in [2.05, 4.69) is 20.2 Å². The van der Waals surface area contributed by atoms with Crippen LogP contribution in [0.25, 0.3) is 0 Å². The summed E-state index contributed by atoms with van der Waals surface area (Å²) in [5.74, 6) is -0.305. The van der Waals surface area contributed by atoms with E-state index in [1.807, 2.05) is 13.0 Å². The summed E-state index contributed by atoms with van der Waals surface area (Å²) < 4.78 is 46.7. The highest BCUT2D eigenvalue weighted by Crippen LogP contribution is 2.38. The lowest BCUT2D eigenvalue weighted by atomic mass is 9.89. The largest absolute Gasteiger partial charge is 0.463 e. The number of alkyl halides is 3. The van der Waals surface area contributed by atoms with E-state index in [1.165, 1.54) is 6.08 Å². The molecule has 1 saturated heterocycles. The Balaban J connectivity index is 1.57. The maximum atomic E-state index is 13.7. The number of unbranched alkanes of at least 4 members (excludes halogenated alkanes) is 1. The van der Waals surface area contributed by atoms with Gasteiger partial charge in [0.1, 0.15) is 5.69 Å². The average molecular weight is 481 g/mol. The van der Waals surface area contributed by atoms with Gasteiger partial charge in [0.15, 0.2) is 11.6 Å². The number of halogens is 3. The molecule has 3 N–H and O–H groups in total. The lowest BCUT2D eigenvalue weighted by molar-refractivity contribution is -0.115. The van der Waals surface area contributed by atoms with Gasteiger partial charge in [0, 0.05) is 18.7 Å². The van der Waals surface area contributed by atoms with E-state index in [9.17, 15) is 18.0 Å². The third-order valence-corrected chi connectivity index (χ3v) is 6.24. The molecule has 0 spiro atoms. The predicted molar refractivity (Wildman–Crippen MR) is 124 cm³/mol. The summed E-state index contributed by atoms with van der Waals surface area (Å²) in [6, 6.07) is 0.0932. The first-order valence-electron chi connectivity index (χ1n) is 11.8. The van der Waals surface area contributed by atoms with Gasteiger partial charge in [0.25, 0.3) is 0 Å². The summed E-state index contributed by atoms with van der Waals surface area (Å²) in [6.45, 7) is 4.91. The number of ether oxygens (including phenoxy) is 1. The fraction of sp³-hybridized carbons (Fsp3) is 0.609. The molecule has 34 heavy (non-hydrogen) atoms. The Morgan fingerprint density at radius 3 is 2.74 bits per heavy atom. The van der Waals surface area contributed by atoms with Crippen LogP contribution in [0.4, 0.5) is 30.5 Å². The van der Waals surface area contributed by atoms with E-state index < -0.39 is 17.7 Å². The van der Waals surface area contributed by atoms with E-state index >= 15 is 0 Å². The van der Waals surface area contributed by atoms with Crippen molar-refractivity contribution in [1.29, 1.82) is 0 Å². The Morgan fingerprint density at radius 1 is 1.26 bits per heavy atom. The minimum absolute atomic E-state index is 0.0330. The Morgan fingerprint density at radius 2 is 2.03 bits per heavy atom. The number of fused-ring (bicyclic) bond motifs is 1. The standard InChI is InChI=1S/C23H31F3N6O2/c1-2-3-8-34-22-29-20(27)19-21(30-22)32(14-18(33)28-19)13-16-9-15(12-31-6-4-5-7-31)10-17(11-16)23(24,25)26/h9-10,16H,2-8,11-14H2,1H3,(H,28,33)(H2,27,29,30).